The molecular formula is C21H19FN4O4. The Morgan fingerprint density at radius 2 is 1.80 bits per heavy atom. The van der Waals surface area contributed by atoms with E-state index in [-0.39, 0.29) is 18.2 Å². The van der Waals surface area contributed by atoms with Crippen LogP contribution in [0.4, 0.5) is 15.8 Å². The Morgan fingerprint density at radius 1 is 1.07 bits per heavy atom. The Balaban J connectivity index is 1.80. The second-order valence-electron chi connectivity index (χ2n) is 6.37. The molecule has 0 saturated carbocycles. The first kappa shape index (κ1) is 20.7. The molecule has 0 atom stereocenters. The van der Waals surface area contributed by atoms with Crippen LogP contribution in [0, 0.1) is 5.82 Å². The van der Waals surface area contributed by atoms with Gasteiger partial charge in [0.1, 0.15) is 18.1 Å². The molecule has 0 unspecified atom stereocenters. The topological polar surface area (TPSA) is 102 Å². The monoisotopic (exact) mass is 410 g/mol. The van der Waals surface area contributed by atoms with E-state index in [1.165, 1.54) is 44.4 Å². The lowest BCUT2D eigenvalue weighted by Gasteiger charge is -2.11. The van der Waals surface area contributed by atoms with Crippen LogP contribution in [0.1, 0.15) is 6.92 Å². The molecule has 0 saturated heterocycles. The van der Waals surface area contributed by atoms with E-state index in [4.69, 9.17) is 4.74 Å². The Hall–Kier alpha value is -4.01. The smallest absolute Gasteiger partial charge is 0.267 e. The summed E-state index contributed by atoms with van der Waals surface area (Å²) in [7, 11) is 1.40. The minimum Gasteiger partial charge on any atom is -0.496 e. The maximum Gasteiger partial charge on any atom is 0.267 e. The van der Waals surface area contributed by atoms with Crippen LogP contribution in [0.5, 0.6) is 5.75 Å². The molecule has 0 aliphatic carbocycles. The number of nitrogens with zero attached hydrogens (tertiary/aromatic N) is 2. The first-order valence-corrected chi connectivity index (χ1v) is 8.95. The second kappa shape index (κ2) is 8.99. The molecule has 2 aromatic carbocycles. The van der Waals surface area contributed by atoms with Crippen LogP contribution in [-0.4, -0.2) is 28.7 Å². The number of nitrogens with one attached hydrogen (secondary N) is 2. The lowest BCUT2D eigenvalue weighted by molar-refractivity contribution is -0.117. The Bertz CT molecular complexity index is 1160. The van der Waals surface area contributed by atoms with Crippen molar-refractivity contribution in [1.29, 1.82) is 0 Å². The molecule has 8 nitrogen and oxygen atoms in total. The van der Waals surface area contributed by atoms with Gasteiger partial charge in [0.05, 0.1) is 12.8 Å². The van der Waals surface area contributed by atoms with E-state index in [0.29, 0.717) is 22.6 Å². The van der Waals surface area contributed by atoms with E-state index in [9.17, 15) is 18.8 Å². The molecule has 2 amide bonds. The van der Waals surface area contributed by atoms with Crippen LogP contribution < -0.4 is 20.9 Å². The molecule has 0 bridgehead atoms. The van der Waals surface area contributed by atoms with Crippen molar-refractivity contribution < 1.29 is 18.7 Å². The number of carbonyl (C=O) groups is 2. The number of anilines is 2. The van der Waals surface area contributed by atoms with Crippen LogP contribution >= 0.6 is 0 Å². The number of halogens is 1. The van der Waals surface area contributed by atoms with Gasteiger partial charge >= 0.3 is 0 Å². The van der Waals surface area contributed by atoms with Crippen molar-refractivity contribution in [1.82, 2.24) is 9.78 Å². The molecular weight excluding hydrogens is 391 g/mol. The fraction of sp³-hybridized carbons (Fsp3) is 0.143. The second-order valence-corrected chi connectivity index (χ2v) is 6.37. The van der Waals surface area contributed by atoms with E-state index >= 15 is 0 Å². The fourth-order valence-electron chi connectivity index (χ4n) is 2.80. The van der Waals surface area contributed by atoms with Crippen molar-refractivity contribution >= 4 is 23.2 Å². The van der Waals surface area contributed by atoms with Gasteiger partial charge in [0.2, 0.25) is 11.8 Å². The summed E-state index contributed by atoms with van der Waals surface area (Å²) in [5.41, 5.74) is 1.35. The van der Waals surface area contributed by atoms with Gasteiger partial charge in [0.15, 0.2) is 0 Å². The summed E-state index contributed by atoms with van der Waals surface area (Å²) >= 11 is 0. The molecule has 9 heteroatoms. The van der Waals surface area contributed by atoms with Crippen molar-refractivity contribution in [2.24, 2.45) is 0 Å². The number of ether oxygens (including phenoxy) is 1. The van der Waals surface area contributed by atoms with Gasteiger partial charge in [0, 0.05) is 36.0 Å². The van der Waals surface area contributed by atoms with Gasteiger partial charge in [-0.1, -0.05) is 6.07 Å². The quantitative estimate of drug-likeness (QED) is 0.651. The van der Waals surface area contributed by atoms with E-state index in [1.807, 2.05) is 0 Å². The summed E-state index contributed by atoms with van der Waals surface area (Å²) in [6.07, 6.45) is 0. The number of methoxy groups -OCH3 is 1. The fourth-order valence-corrected chi connectivity index (χ4v) is 2.80. The lowest BCUT2D eigenvalue weighted by atomic mass is 10.1. The van der Waals surface area contributed by atoms with Crippen molar-refractivity contribution in [3.8, 4) is 17.0 Å². The molecule has 3 aromatic rings. The van der Waals surface area contributed by atoms with Gasteiger partial charge in [0.25, 0.3) is 5.56 Å². The summed E-state index contributed by atoms with van der Waals surface area (Å²) in [5.74, 6) is -0.924. The Morgan fingerprint density at radius 3 is 2.50 bits per heavy atom. The SMILES string of the molecule is COc1cc(F)ccc1-c1ccc(=O)n(CC(=O)Nc2cccc(NC(C)=O)c2)n1. The molecule has 0 spiro atoms. The highest BCUT2D eigenvalue weighted by Gasteiger charge is 2.12. The molecule has 3 rings (SSSR count). The summed E-state index contributed by atoms with van der Waals surface area (Å²) in [4.78, 5) is 35.7. The minimum atomic E-state index is -0.479. The van der Waals surface area contributed by atoms with Crippen LogP contribution in [-0.2, 0) is 16.1 Å². The number of hydrogen-bond acceptors (Lipinski definition) is 5. The summed E-state index contributed by atoms with van der Waals surface area (Å²) in [6.45, 7) is 1.05. The summed E-state index contributed by atoms with van der Waals surface area (Å²) < 4.78 is 19.6. The maximum atomic E-state index is 13.4. The van der Waals surface area contributed by atoms with Crippen molar-refractivity contribution in [2.45, 2.75) is 13.5 Å². The van der Waals surface area contributed by atoms with Gasteiger partial charge in [-0.25, -0.2) is 9.07 Å². The van der Waals surface area contributed by atoms with Crippen LogP contribution in [0.3, 0.4) is 0 Å². The highest BCUT2D eigenvalue weighted by Crippen LogP contribution is 2.28. The zero-order valence-electron chi connectivity index (χ0n) is 16.3. The van der Waals surface area contributed by atoms with Gasteiger partial charge in [-0.2, -0.15) is 5.10 Å². The van der Waals surface area contributed by atoms with E-state index < -0.39 is 17.3 Å². The highest BCUT2D eigenvalue weighted by molar-refractivity contribution is 5.93. The maximum absolute atomic E-state index is 13.4. The van der Waals surface area contributed by atoms with Crippen LogP contribution in [0.25, 0.3) is 11.3 Å². The van der Waals surface area contributed by atoms with Crippen LogP contribution in [0.15, 0.2) is 59.4 Å². The zero-order chi connectivity index (χ0) is 21.7. The van der Waals surface area contributed by atoms with Gasteiger partial charge in [-0.3, -0.25) is 14.4 Å². The molecule has 30 heavy (non-hydrogen) atoms. The number of aromatic nitrogens is 2. The van der Waals surface area contributed by atoms with Gasteiger partial charge in [-0.05, 0) is 36.4 Å². The predicted molar refractivity (Wildman–Crippen MR) is 110 cm³/mol. The number of amides is 2. The third-order valence-corrected chi connectivity index (χ3v) is 4.07. The normalized spacial score (nSPS) is 10.4. The van der Waals surface area contributed by atoms with Crippen molar-refractivity contribution in [3.63, 3.8) is 0 Å². The molecule has 1 heterocycles. The first-order valence-electron chi connectivity index (χ1n) is 8.95. The van der Waals surface area contributed by atoms with Crippen molar-refractivity contribution in [3.05, 3.63) is 70.8 Å². The molecule has 0 aliphatic heterocycles. The van der Waals surface area contributed by atoms with Gasteiger partial charge in [-0.15, -0.1) is 0 Å². The number of rotatable bonds is 6. The Kier molecular flexibility index (Phi) is 6.21. The molecule has 0 aliphatic rings. The average molecular weight is 410 g/mol. The minimum absolute atomic E-state index is 0.234. The van der Waals surface area contributed by atoms with E-state index in [0.717, 1.165) is 4.68 Å². The summed E-state index contributed by atoms with van der Waals surface area (Å²) in [5, 5.41) is 9.48. The predicted octanol–water partition coefficient (Wildman–Crippen LogP) is 2.66. The lowest BCUT2D eigenvalue weighted by Crippen LogP contribution is -2.29. The molecule has 1 aromatic heterocycles. The summed E-state index contributed by atoms with van der Waals surface area (Å²) in [6, 6.07) is 13.3. The molecule has 154 valence electrons. The van der Waals surface area contributed by atoms with E-state index in [2.05, 4.69) is 15.7 Å². The standard InChI is InChI=1S/C21H19FN4O4/c1-13(27)23-15-4-3-5-16(11-15)24-20(28)12-26-21(29)9-8-18(25-26)17-7-6-14(22)10-19(17)30-2/h3-11H,12H2,1-2H3,(H,23,27)(H,24,28). The first-order chi connectivity index (χ1) is 14.4. The molecule has 0 fully saturated rings. The van der Waals surface area contributed by atoms with Crippen LogP contribution in [0.2, 0.25) is 0 Å². The number of benzene rings is 2. The Labute approximate surface area is 171 Å². The molecule has 2 N–H and O–H groups in total. The average Bonchev–Trinajstić information content (AvgIpc) is 2.69. The number of carbonyl (C=O) groups excluding carboxylic acids is 2. The largest absolute Gasteiger partial charge is 0.496 e. The molecule has 0 radical (unpaired) electrons. The third-order valence-electron chi connectivity index (χ3n) is 4.07. The van der Waals surface area contributed by atoms with E-state index in [1.54, 1.807) is 24.3 Å². The number of hydrogen-bond donors (Lipinski definition) is 2. The van der Waals surface area contributed by atoms with Crippen molar-refractivity contribution in [2.75, 3.05) is 17.7 Å². The zero-order valence-corrected chi connectivity index (χ0v) is 16.3. The van der Waals surface area contributed by atoms with Gasteiger partial charge < -0.3 is 15.4 Å². The third kappa shape index (κ3) is 5.07. The highest BCUT2D eigenvalue weighted by atomic mass is 19.1.